The summed E-state index contributed by atoms with van der Waals surface area (Å²) in [5.74, 6) is 0. The molecule has 0 fully saturated rings. The molecule has 0 heterocycles. The number of rotatable bonds is 0. The molecule has 3 nitrogen and oxygen atoms in total. The van der Waals surface area contributed by atoms with Crippen LogP contribution in [0.2, 0.25) is 0 Å². The Hall–Kier alpha value is 1.72. The molecule has 0 atom stereocenters. The predicted octanol–water partition coefficient (Wildman–Crippen LogP) is -3.26. The Morgan fingerprint density at radius 2 is 1.17 bits per heavy atom. The Morgan fingerprint density at radius 1 is 1.17 bits per heavy atom. The van der Waals surface area contributed by atoms with E-state index in [0.29, 0.717) is 0 Å². The van der Waals surface area contributed by atoms with Crippen LogP contribution in [0.25, 0.3) is 0 Å². The summed E-state index contributed by atoms with van der Waals surface area (Å²) >= 11 is 2.97. The maximum absolute atomic E-state index is 8.24. The van der Waals surface area contributed by atoms with Gasteiger partial charge in [0.25, 0.3) is 0 Å². The van der Waals surface area contributed by atoms with Gasteiger partial charge in [0.1, 0.15) is 0 Å². The van der Waals surface area contributed by atoms with E-state index in [2.05, 4.69) is 11.9 Å². The smallest absolute Gasteiger partial charge is 0.769 e. The van der Waals surface area contributed by atoms with Crippen LogP contribution >= 0.6 is 11.9 Å². The molecular weight excluding hydrogens is 159 g/mol. The van der Waals surface area contributed by atoms with Crippen molar-refractivity contribution in [3.05, 3.63) is 0 Å². The monoisotopic (exact) mass is 158 g/mol. The molecule has 34 valence electrons. The van der Waals surface area contributed by atoms with Crippen molar-refractivity contribution in [3.63, 3.8) is 0 Å². The van der Waals surface area contributed by atoms with Crippen LogP contribution in [0.15, 0.2) is 0 Å². The molecule has 0 bridgehead atoms. The zero-order valence-electron chi connectivity index (χ0n) is 2.69. The third-order valence-corrected chi connectivity index (χ3v) is 0. The fraction of sp³-hybridized carbons (Fsp3) is 0. The molecule has 0 aliphatic heterocycles. The van der Waals surface area contributed by atoms with Gasteiger partial charge in [-0.1, -0.05) is 0 Å². The van der Waals surface area contributed by atoms with Gasteiger partial charge in [-0.3, -0.25) is 0 Å². The van der Waals surface area contributed by atoms with Crippen molar-refractivity contribution in [2.75, 3.05) is 0 Å². The van der Waals surface area contributed by atoms with Gasteiger partial charge in [0.05, 0.1) is 11.3 Å². The van der Waals surface area contributed by atoms with E-state index in [4.69, 9.17) is 14.0 Å². The third kappa shape index (κ3) is 43.1. The second kappa shape index (κ2) is 29.7. The molecule has 0 rings (SSSR count). The molecule has 0 saturated heterocycles. The van der Waals surface area contributed by atoms with Gasteiger partial charge < -0.3 is 14.0 Å². The minimum Gasteiger partial charge on any atom is -0.769 e. The van der Waals surface area contributed by atoms with Crippen LogP contribution in [0.3, 0.4) is 0 Å². The van der Waals surface area contributed by atoms with Crippen LogP contribution in [0.5, 0.6) is 0 Å². The van der Waals surface area contributed by atoms with Crippen molar-refractivity contribution in [1.29, 1.82) is 0 Å². The summed E-state index contributed by atoms with van der Waals surface area (Å²) in [5, 5.41) is 0. The molecule has 6 heavy (non-hydrogen) atoms. The number of hydrogen-bond donors (Lipinski definition) is 0. The van der Waals surface area contributed by atoms with Crippen molar-refractivity contribution in [2.45, 2.75) is 0 Å². The predicted molar refractivity (Wildman–Crippen MR) is 11.6 cm³/mol. The van der Waals surface area contributed by atoms with E-state index >= 15 is 0 Å². The van der Waals surface area contributed by atoms with E-state index in [1.807, 2.05) is 0 Å². The molecule has 0 aromatic heterocycles. The first-order chi connectivity index (χ1) is 2.41. The average molecular weight is 159 g/mol. The maximum Gasteiger partial charge on any atom is 2.00 e. The summed E-state index contributed by atoms with van der Waals surface area (Å²) in [6.45, 7) is 0. The first-order valence-corrected chi connectivity index (χ1v) is 1.39. The Morgan fingerprint density at radius 3 is 1.17 bits per heavy atom. The second-order valence-corrected chi connectivity index (χ2v) is 0.189. The van der Waals surface area contributed by atoms with Gasteiger partial charge in [-0.25, -0.2) is 11.9 Å². The normalized spacial score (nSPS) is 4.00. The van der Waals surface area contributed by atoms with Crippen molar-refractivity contribution in [3.8, 4) is 0 Å². The minimum absolute atomic E-state index is 0. The van der Waals surface area contributed by atoms with Gasteiger partial charge in [0.2, 0.25) is 0 Å². The zero-order valence-corrected chi connectivity index (χ0v) is 6.41. The van der Waals surface area contributed by atoms with Gasteiger partial charge in [0, 0.05) is 0 Å². The number of hydrogen-bond acceptors (Lipinski definition) is 3. The van der Waals surface area contributed by atoms with Crippen molar-refractivity contribution >= 4 is 49.6 Å². The topological polar surface area (TPSA) is 69.2 Å². The fourth-order valence-electron chi connectivity index (χ4n) is 0. The van der Waals surface area contributed by atoms with Crippen LogP contribution in [-0.2, 0) is 0 Å². The van der Waals surface area contributed by atoms with E-state index < -0.39 is 11.3 Å². The summed E-state index contributed by atoms with van der Waals surface area (Å²) in [5.41, 5.74) is 0. The Kier molecular flexibility index (Phi) is 77.5. The van der Waals surface area contributed by atoms with Crippen LogP contribution < -0.4 is 14.0 Å². The molecule has 0 saturated carbocycles. The summed E-state index contributed by atoms with van der Waals surface area (Å²) in [7, 11) is 0. The van der Waals surface area contributed by atoms with Gasteiger partial charge in [0.15, 0.2) is 0 Å². The van der Waals surface area contributed by atoms with Crippen LogP contribution in [0, 0.1) is 11.3 Å². The molecule has 0 amide bonds. The van der Waals surface area contributed by atoms with E-state index in [-0.39, 0.29) is 37.7 Å². The Balaban J connectivity index is -0.0000000275. The van der Waals surface area contributed by atoms with Crippen LogP contribution in [-0.4, -0.2) is 37.7 Å². The van der Waals surface area contributed by atoms with Crippen LogP contribution in [0.4, 0.5) is 0 Å². The molecule has 6 heteroatoms. The Labute approximate surface area is 74.2 Å². The summed E-state index contributed by atoms with van der Waals surface area (Å²) < 4.78 is 24.2. The first kappa shape index (κ1) is 15.6. The summed E-state index contributed by atoms with van der Waals surface area (Å²) in [4.78, 5) is 0. The molecule has 0 radical (unpaired) electrons. The molecule has 0 aliphatic carbocycles. The maximum atomic E-state index is 8.24. The van der Waals surface area contributed by atoms with Gasteiger partial charge in [-0.05, 0) is 0 Å². The largest absolute Gasteiger partial charge is 2.00 e. The molecule has 0 spiro atoms. The van der Waals surface area contributed by atoms with E-state index in [9.17, 15) is 0 Å². The molecule has 0 N–H and O–H groups in total. The SMILES string of the molecule is [Ca+2].[O-]Cl.[O-][Cl+][O-]. The van der Waals surface area contributed by atoms with Gasteiger partial charge >= 0.3 is 37.7 Å². The second-order valence-electron chi connectivity index (χ2n) is 0.0630. The van der Waals surface area contributed by atoms with E-state index in [1.165, 1.54) is 0 Å². The zero-order chi connectivity index (χ0) is 4.71. The minimum atomic E-state index is -0.417. The molecule has 0 unspecified atom stereocenters. The molecular formula is CaCl2O3. The van der Waals surface area contributed by atoms with Crippen molar-refractivity contribution in [2.24, 2.45) is 0 Å². The van der Waals surface area contributed by atoms with Gasteiger partial charge in [-0.2, -0.15) is 0 Å². The molecule has 0 aromatic carbocycles. The van der Waals surface area contributed by atoms with E-state index in [0.717, 1.165) is 0 Å². The van der Waals surface area contributed by atoms with Crippen molar-refractivity contribution in [1.82, 2.24) is 0 Å². The fourth-order valence-corrected chi connectivity index (χ4v) is 0. The quantitative estimate of drug-likeness (QED) is 0.348. The third-order valence-electron chi connectivity index (χ3n) is 0. The molecule has 0 aromatic rings. The summed E-state index contributed by atoms with van der Waals surface area (Å²) in [6, 6.07) is 0. The van der Waals surface area contributed by atoms with E-state index in [1.54, 1.807) is 0 Å². The standard InChI is InChI=1S/Ca.ClO2.ClO/c;2-1-3;1-2/q+2;2*-1. The average Bonchev–Trinajstić information content (AvgIpc) is 1.46. The molecule has 0 aliphatic rings. The van der Waals surface area contributed by atoms with Crippen LogP contribution in [0.1, 0.15) is 0 Å². The summed E-state index contributed by atoms with van der Waals surface area (Å²) in [6.07, 6.45) is 0. The first-order valence-electron chi connectivity index (χ1n) is 0.463. The van der Waals surface area contributed by atoms with Gasteiger partial charge in [-0.15, -0.1) is 0 Å². The van der Waals surface area contributed by atoms with Crippen molar-refractivity contribution < 1.29 is 25.3 Å². The number of halogens is 2. The Bertz CT molecular complexity index is 8.75.